The summed E-state index contributed by atoms with van der Waals surface area (Å²) in [7, 11) is 0. The highest BCUT2D eigenvalue weighted by Gasteiger charge is 2.11. The Morgan fingerprint density at radius 1 is 1.10 bits per heavy atom. The lowest BCUT2D eigenvalue weighted by Gasteiger charge is -2.26. The van der Waals surface area contributed by atoms with Gasteiger partial charge in [-0.05, 0) is 32.1 Å². The Morgan fingerprint density at radius 2 is 1.81 bits per heavy atom. The first kappa shape index (κ1) is 15.7. The lowest BCUT2D eigenvalue weighted by atomic mass is 9.96. The molecule has 0 spiro atoms. The number of hydrogen-bond acceptors (Lipinski definition) is 4. The van der Waals surface area contributed by atoms with Gasteiger partial charge in [-0.2, -0.15) is 0 Å². The average Bonchev–Trinajstić information content (AvgIpc) is 2.58. The lowest BCUT2D eigenvalue weighted by molar-refractivity contribution is -0.110. The molecule has 1 N–H and O–H groups in total. The van der Waals surface area contributed by atoms with Crippen molar-refractivity contribution in [1.82, 2.24) is 15.3 Å². The summed E-state index contributed by atoms with van der Waals surface area (Å²) in [4.78, 5) is 20.6. The molecule has 0 bridgehead atoms. The third kappa shape index (κ3) is 5.69. The zero-order valence-corrected chi connectivity index (χ0v) is 12.7. The van der Waals surface area contributed by atoms with Gasteiger partial charge < -0.3 is 10.2 Å². The van der Waals surface area contributed by atoms with Gasteiger partial charge in [0.2, 0.25) is 6.41 Å². The van der Waals surface area contributed by atoms with Gasteiger partial charge in [-0.25, -0.2) is 4.98 Å². The van der Waals surface area contributed by atoms with E-state index < -0.39 is 0 Å². The summed E-state index contributed by atoms with van der Waals surface area (Å²) in [6.45, 7) is 2.28. The zero-order chi connectivity index (χ0) is 14.8. The van der Waals surface area contributed by atoms with Crippen LogP contribution in [-0.2, 0) is 4.79 Å². The van der Waals surface area contributed by atoms with Gasteiger partial charge >= 0.3 is 0 Å². The Labute approximate surface area is 128 Å². The fourth-order valence-corrected chi connectivity index (χ4v) is 2.94. The van der Waals surface area contributed by atoms with Crippen molar-refractivity contribution >= 4 is 12.2 Å². The number of carbonyl (C=O) groups excluding carboxylic acids is 1. The second kappa shape index (κ2) is 9.32. The SMILES string of the molecule is O=CNC1CCCCC1.[HH].c1cnc(N2CCCCC2)cn1. The van der Waals surface area contributed by atoms with Gasteiger partial charge in [0.15, 0.2) is 0 Å². The van der Waals surface area contributed by atoms with Crippen LogP contribution in [0, 0.1) is 0 Å². The number of anilines is 1. The maximum absolute atomic E-state index is 9.96. The fourth-order valence-electron chi connectivity index (χ4n) is 2.94. The van der Waals surface area contributed by atoms with Gasteiger partial charge in [0.25, 0.3) is 0 Å². The van der Waals surface area contributed by atoms with Crippen LogP contribution in [0.25, 0.3) is 0 Å². The molecule has 1 saturated heterocycles. The first-order valence-corrected chi connectivity index (χ1v) is 8.11. The molecule has 1 aromatic heterocycles. The van der Waals surface area contributed by atoms with Crippen LogP contribution in [0.2, 0.25) is 0 Å². The minimum atomic E-state index is 0. The molecular weight excluding hydrogens is 264 g/mol. The molecule has 1 saturated carbocycles. The third-order valence-electron chi connectivity index (χ3n) is 4.14. The van der Waals surface area contributed by atoms with Crippen molar-refractivity contribution in [1.29, 1.82) is 0 Å². The number of hydrogen-bond donors (Lipinski definition) is 1. The summed E-state index contributed by atoms with van der Waals surface area (Å²) in [5.41, 5.74) is 0. The van der Waals surface area contributed by atoms with Gasteiger partial charge in [0, 0.05) is 33.0 Å². The Kier molecular flexibility index (Phi) is 6.98. The summed E-state index contributed by atoms with van der Waals surface area (Å²) in [5, 5.41) is 2.80. The highest BCUT2D eigenvalue weighted by molar-refractivity contribution is 5.46. The molecule has 2 fully saturated rings. The van der Waals surface area contributed by atoms with E-state index in [1.807, 2.05) is 6.20 Å². The first-order valence-electron chi connectivity index (χ1n) is 8.11. The van der Waals surface area contributed by atoms with Crippen molar-refractivity contribution in [2.75, 3.05) is 18.0 Å². The molecule has 1 amide bonds. The van der Waals surface area contributed by atoms with Crippen molar-refractivity contribution in [2.45, 2.75) is 57.4 Å². The standard InChI is InChI=1S/C9H13N3.C7H13NO.H2/c1-2-6-12(7-3-1)9-8-10-4-5-11-9;9-6-8-7-4-2-1-3-5-7;/h4-5,8H,1-3,6-7H2;6-7H,1-5H2,(H,8,9);1H. The Hall–Kier alpha value is -1.65. The number of nitrogens with zero attached hydrogens (tertiary/aromatic N) is 3. The first-order chi connectivity index (χ1) is 10.4. The largest absolute Gasteiger partial charge is 0.356 e. The quantitative estimate of drug-likeness (QED) is 0.870. The van der Waals surface area contributed by atoms with Crippen LogP contribution in [0.4, 0.5) is 5.82 Å². The van der Waals surface area contributed by atoms with E-state index >= 15 is 0 Å². The highest BCUT2D eigenvalue weighted by Crippen LogP contribution is 2.16. The van der Waals surface area contributed by atoms with Crippen LogP contribution in [0.5, 0.6) is 0 Å². The molecule has 5 heteroatoms. The summed E-state index contributed by atoms with van der Waals surface area (Å²) in [6.07, 6.45) is 16.3. The summed E-state index contributed by atoms with van der Waals surface area (Å²) in [5.74, 6) is 1.03. The molecule has 1 aliphatic heterocycles. The van der Waals surface area contributed by atoms with Gasteiger partial charge in [0.05, 0.1) is 6.20 Å². The van der Waals surface area contributed by atoms with E-state index in [9.17, 15) is 4.79 Å². The van der Waals surface area contributed by atoms with E-state index in [2.05, 4.69) is 20.2 Å². The molecule has 2 heterocycles. The number of carbonyl (C=O) groups is 1. The second-order valence-electron chi connectivity index (χ2n) is 5.73. The molecule has 0 aromatic carbocycles. The van der Waals surface area contributed by atoms with Crippen LogP contribution in [-0.4, -0.2) is 35.5 Å². The molecular formula is C16H28N4O. The van der Waals surface area contributed by atoms with E-state index in [4.69, 9.17) is 0 Å². The van der Waals surface area contributed by atoms with Crippen molar-refractivity contribution < 1.29 is 6.22 Å². The number of piperidine rings is 1. The summed E-state index contributed by atoms with van der Waals surface area (Å²) >= 11 is 0. The predicted octanol–water partition coefficient (Wildman–Crippen LogP) is 2.78. The van der Waals surface area contributed by atoms with Crippen LogP contribution >= 0.6 is 0 Å². The average molecular weight is 292 g/mol. The number of rotatable bonds is 3. The lowest BCUT2D eigenvalue weighted by Crippen LogP contribution is -2.30. The molecule has 5 nitrogen and oxygen atoms in total. The van der Waals surface area contributed by atoms with E-state index in [-0.39, 0.29) is 1.43 Å². The van der Waals surface area contributed by atoms with Crippen LogP contribution in [0.3, 0.4) is 0 Å². The van der Waals surface area contributed by atoms with E-state index in [1.165, 1.54) is 51.4 Å². The highest BCUT2D eigenvalue weighted by atomic mass is 16.1. The van der Waals surface area contributed by atoms with Crippen LogP contribution in [0.1, 0.15) is 52.8 Å². The fraction of sp³-hybridized carbons (Fsp3) is 0.688. The Bertz CT molecular complexity index is 392. The molecule has 0 atom stereocenters. The van der Waals surface area contributed by atoms with Crippen molar-refractivity contribution in [3.05, 3.63) is 18.6 Å². The number of aromatic nitrogens is 2. The van der Waals surface area contributed by atoms with Gasteiger partial charge in [0.1, 0.15) is 5.82 Å². The molecule has 2 aliphatic rings. The van der Waals surface area contributed by atoms with Gasteiger partial charge in [-0.1, -0.05) is 19.3 Å². The molecule has 118 valence electrons. The van der Waals surface area contributed by atoms with Crippen molar-refractivity contribution in [3.8, 4) is 0 Å². The van der Waals surface area contributed by atoms with Gasteiger partial charge in [-0.3, -0.25) is 9.78 Å². The van der Waals surface area contributed by atoms with Crippen LogP contribution in [0.15, 0.2) is 18.6 Å². The molecule has 21 heavy (non-hydrogen) atoms. The Balaban J connectivity index is 0.000000219. The maximum atomic E-state index is 9.96. The van der Waals surface area contributed by atoms with Crippen LogP contribution < -0.4 is 10.2 Å². The minimum Gasteiger partial charge on any atom is -0.356 e. The smallest absolute Gasteiger partial charge is 0.207 e. The van der Waals surface area contributed by atoms with Crippen molar-refractivity contribution in [3.63, 3.8) is 0 Å². The summed E-state index contributed by atoms with van der Waals surface area (Å²) in [6, 6.07) is 0.483. The minimum absolute atomic E-state index is 0. The van der Waals surface area contributed by atoms with Gasteiger partial charge in [-0.15, -0.1) is 0 Å². The third-order valence-corrected chi connectivity index (χ3v) is 4.14. The van der Waals surface area contributed by atoms with E-state index in [0.29, 0.717) is 6.04 Å². The summed E-state index contributed by atoms with van der Waals surface area (Å²) < 4.78 is 0. The molecule has 0 radical (unpaired) electrons. The molecule has 1 aromatic rings. The Morgan fingerprint density at radius 3 is 2.43 bits per heavy atom. The molecule has 1 aliphatic carbocycles. The predicted molar refractivity (Wildman–Crippen MR) is 86.3 cm³/mol. The monoisotopic (exact) mass is 292 g/mol. The topological polar surface area (TPSA) is 58.1 Å². The number of amides is 1. The maximum Gasteiger partial charge on any atom is 0.207 e. The normalized spacial score (nSPS) is 19.3. The van der Waals surface area contributed by atoms with Crippen molar-refractivity contribution in [2.24, 2.45) is 0 Å². The van der Waals surface area contributed by atoms with E-state index in [1.54, 1.807) is 12.4 Å². The van der Waals surface area contributed by atoms with E-state index in [0.717, 1.165) is 25.3 Å². The number of nitrogens with one attached hydrogen (secondary N) is 1. The second-order valence-corrected chi connectivity index (χ2v) is 5.73. The molecule has 0 unspecified atom stereocenters. The molecule has 3 rings (SSSR count). The zero-order valence-electron chi connectivity index (χ0n) is 12.7.